The highest BCUT2D eigenvalue weighted by Gasteiger charge is 2.30. The molecule has 2 aliphatic rings. The van der Waals surface area contributed by atoms with E-state index >= 15 is 0 Å². The van der Waals surface area contributed by atoms with E-state index in [2.05, 4.69) is 33.6 Å². The maximum Gasteiger partial charge on any atom is 0.256 e. The molecule has 4 heterocycles. The number of nitrogens with one attached hydrogen (secondary N) is 1. The maximum atomic E-state index is 13.1. The quantitative estimate of drug-likeness (QED) is 0.539. The first-order chi connectivity index (χ1) is 15.6. The minimum atomic E-state index is -0.00847. The van der Waals surface area contributed by atoms with Crippen LogP contribution >= 0.6 is 0 Å². The molecule has 1 saturated heterocycles. The van der Waals surface area contributed by atoms with Crippen molar-refractivity contribution in [2.75, 3.05) is 18.4 Å². The zero-order chi connectivity index (χ0) is 21.8. The minimum absolute atomic E-state index is 0.00847. The molecular formula is C24H24N6O2. The van der Waals surface area contributed by atoms with Gasteiger partial charge in [-0.3, -0.25) is 14.9 Å². The number of hydrogen-bond acceptors (Lipinski definition) is 4. The van der Waals surface area contributed by atoms with Crippen LogP contribution in [0.15, 0.2) is 42.7 Å². The van der Waals surface area contributed by atoms with Gasteiger partial charge < -0.3 is 9.47 Å². The Hall–Kier alpha value is -3.68. The van der Waals surface area contributed by atoms with Crippen molar-refractivity contribution in [1.29, 1.82) is 0 Å². The van der Waals surface area contributed by atoms with Crippen LogP contribution in [-0.2, 0) is 11.8 Å². The summed E-state index contributed by atoms with van der Waals surface area (Å²) < 4.78 is 3.67. The number of hydrogen-bond donors (Lipinski definition) is 1. The molecule has 8 nitrogen and oxygen atoms in total. The monoisotopic (exact) mass is 428 g/mol. The second-order valence-electron chi connectivity index (χ2n) is 8.80. The summed E-state index contributed by atoms with van der Waals surface area (Å²) in [5, 5.41) is 8.11. The van der Waals surface area contributed by atoms with E-state index in [1.165, 1.54) is 0 Å². The molecular weight excluding hydrogens is 404 g/mol. The Labute approximate surface area is 184 Å². The van der Waals surface area contributed by atoms with Gasteiger partial charge in [-0.1, -0.05) is 6.07 Å². The van der Waals surface area contributed by atoms with Gasteiger partial charge in [0.25, 0.3) is 5.91 Å². The lowest BCUT2D eigenvalue weighted by Gasteiger charge is -2.14. The number of nitrogens with zero attached hydrogens (tertiary/aromatic N) is 5. The highest BCUT2D eigenvalue weighted by atomic mass is 16.2. The molecule has 1 aromatic carbocycles. The molecule has 2 amide bonds. The van der Waals surface area contributed by atoms with E-state index in [-0.39, 0.29) is 17.7 Å². The number of rotatable bonds is 4. The summed E-state index contributed by atoms with van der Waals surface area (Å²) in [6.45, 7) is 1.66. The van der Waals surface area contributed by atoms with Gasteiger partial charge in [-0.2, -0.15) is 4.98 Å². The Morgan fingerprint density at radius 2 is 1.84 bits per heavy atom. The van der Waals surface area contributed by atoms with Crippen molar-refractivity contribution in [3.8, 4) is 11.1 Å². The number of likely N-dealkylation sites (tertiary alicyclic amines) is 1. The van der Waals surface area contributed by atoms with Crippen LogP contribution in [-0.4, -0.2) is 49.0 Å². The van der Waals surface area contributed by atoms with E-state index in [9.17, 15) is 9.59 Å². The van der Waals surface area contributed by atoms with Crippen LogP contribution < -0.4 is 5.32 Å². The normalized spacial score (nSPS) is 16.2. The lowest BCUT2D eigenvalue weighted by molar-refractivity contribution is -0.117. The first kappa shape index (κ1) is 19.0. The average Bonchev–Trinajstić information content (AvgIpc) is 3.21. The Morgan fingerprint density at radius 3 is 2.62 bits per heavy atom. The summed E-state index contributed by atoms with van der Waals surface area (Å²) >= 11 is 0. The molecule has 0 radical (unpaired) electrons. The number of anilines is 1. The van der Waals surface area contributed by atoms with Crippen molar-refractivity contribution in [3.05, 3.63) is 48.3 Å². The van der Waals surface area contributed by atoms with Crippen molar-refractivity contribution in [2.45, 2.75) is 25.7 Å². The highest BCUT2D eigenvalue weighted by Crippen LogP contribution is 2.31. The first-order valence-electron chi connectivity index (χ1n) is 11.1. The van der Waals surface area contributed by atoms with Gasteiger partial charge in [0.15, 0.2) is 5.65 Å². The second kappa shape index (κ2) is 7.19. The summed E-state index contributed by atoms with van der Waals surface area (Å²) in [7, 11) is 1.97. The Bertz CT molecular complexity index is 1370. The summed E-state index contributed by atoms with van der Waals surface area (Å²) in [6, 6.07) is 10.1. The van der Waals surface area contributed by atoms with Crippen LogP contribution in [0.1, 0.15) is 36.0 Å². The number of carbonyl (C=O) groups excluding carboxylic acids is 2. The van der Waals surface area contributed by atoms with Crippen LogP contribution in [0.2, 0.25) is 0 Å². The summed E-state index contributed by atoms with van der Waals surface area (Å²) in [6.07, 6.45) is 7.80. The lowest BCUT2D eigenvalue weighted by atomic mass is 10.0. The van der Waals surface area contributed by atoms with Crippen molar-refractivity contribution in [3.63, 3.8) is 0 Å². The molecule has 0 unspecified atom stereocenters. The summed E-state index contributed by atoms with van der Waals surface area (Å²) in [5.41, 5.74) is 4.43. The van der Waals surface area contributed by atoms with Gasteiger partial charge in [0.05, 0.1) is 5.56 Å². The van der Waals surface area contributed by atoms with E-state index in [0.717, 1.165) is 66.4 Å². The maximum absolute atomic E-state index is 13.1. The van der Waals surface area contributed by atoms with E-state index in [1.807, 2.05) is 41.0 Å². The van der Waals surface area contributed by atoms with E-state index < -0.39 is 0 Å². The smallest absolute Gasteiger partial charge is 0.256 e. The molecule has 3 aromatic heterocycles. The molecule has 2 fully saturated rings. The van der Waals surface area contributed by atoms with E-state index in [1.54, 1.807) is 4.52 Å². The average molecular weight is 428 g/mol. The van der Waals surface area contributed by atoms with Crippen LogP contribution in [0.4, 0.5) is 5.95 Å². The van der Waals surface area contributed by atoms with Crippen molar-refractivity contribution >= 4 is 34.3 Å². The Balaban J connectivity index is 1.36. The molecule has 1 saturated carbocycles. The number of pyridine rings is 1. The number of aromatic nitrogens is 4. The largest absolute Gasteiger partial charge is 0.350 e. The summed E-state index contributed by atoms with van der Waals surface area (Å²) in [4.78, 5) is 31.5. The fraction of sp³-hybridized carbons (Fsp3) is 0.333. The molecule has 1 aliphatic heterocycles. The zero-order valence-electron chi connectivity index (χ0n) is 17.9. The predicted octanol–water partition coefficient (Wildman–Crippen LogP) is 3.47. The number of carbonyl (C=O) groups is 2. The van der Waals surface area contributed by atoms with Crippen molar-refractivity contribution in [1.82, 2.24) is 24.1 Å². The van der Waals surface area contributed by atoms with Crippen molar-refractivity contribution < 1.29 is 9.59 Å². The molecule has 162 valence electrons. The predicted molar refractivity (Wildman–Crippen MR) is 121 cm³/mol. The highest BCUT2D eigenvalue weighted by molar-refractivity contribution is 6.08. The Morgan fingerprint density at radius 1 is 1.06 bits per heavy atom. The van der Waals surface area contributed by atoms with Gasteiger partial charge in [-0.05, 0) is 61.1 Å². The minimum Gasteiger partial charge on any atom is -0.350 e. The number of fused-ring (bicyclic) bond motifs is 2. The zero-order valence-corrected chi connectivity index (χ0v) is 17.9. The third kappa shape index (κ3) is 3.23. The van der Waals surface area contributed by atoms with Gasteiger partial charge in [-0.15, -0.1) is 5.10 Å². The van der Waals surface area contributed by atoms with Crippen LogP contribution in [0.5, 0.6) is 0 Å². The van der Waals surface area contributed by atoms with Crippen LogP contribution in [0.3, 0.4) is 0 Å². The number of benzene rings is 1. The molecule has 8 heteroatoms. The fourth-order valence-corrected chi connectivity index (χ4v) is 4.50. The van der Waals surface area contributed by atoms with Gasteiger partial charge in [0.2, 0.25) is 11.9 Å². The van der Waals surface area contributed by atoms with Crippen LogP contribution in [0.25, 0.3) is 27.7 Å². The molecule has 4 aromatic rings. The van der Waals surface area contributed by atoms with E-state index in [4.69, 9.17) is 0 Å². The van der Waals surface area contributed by atoms with Crippen LogP contribution in [0, 0.1) is 5.92 Å². The molecule has 0 spiro atoms. The molecule has 1 aliphatic carbocycles. The fourth-order valence-electron chi connectivity index (χ4n) is 4.50. The third-order valence-corrected chi connectivity index (χ3v) is 6.47. The van der Waals surface area contributed by atoms with Gasteiger partial charge in [0, 0.05) is 49.4 Å². The third-order valence-electron chi connectivity index (χ3n) is 6.47. The second-order valence-corrected chi connectivity index (χ2v) is 8.80. The molecule has 0 atom stereocenters. The molecule has 1 N–H and O–H groups in total. The number of amides is 2. The summed E-state index contributed by atoms with van der Waals surface area (Å²) in [5.74, 6) is 0.531. The Kier molecular flexibility index (Phi) is 4.28. The topological polar surface area (TPSA) is 84.5 Å². The van der Waals surface area contributed by atoms with Gasteiger partial charge >= 0.3 is 0 Å². The standard InChI is InChI=1S/C24H24N6O2/c1-28-14-19(23(32)29-9-2-3-10-29)18-12-16(6-7-20(18)28)17-8-11-30-21(13-17)25-24(27-30)26-22(31)15-4-5-15/h6-8,11-15H,2-5,9-10H2,1H3,(H,26,27,31). The lowest BCUT2D eigenvalue weighted by Crippen LogP contribution is -2.27. The van der Waals surface area contributed by atoms with Gasteiger partial charge in [0.1, 0.15) is 0 Å². The van der Waals surface area contributed by atoms with Gasteiger partial charge in [-0.25, -0.2) is 4.52 Å². The van der Waals surface area contributed by atoms with Crippen molar-refractivity contribution in [2.24, 2.45) is 13.0 Å². The molecule has 6 rings (SSSR count). The number of aryl methyl sites for hydroxylation is 1. The SMILES string of the molecule is Cn1cc(C(=O)N2CCCC2)c2cc(-c3ccn4nc(NC(=O)C5CC5)nc4c3)ccc21. The molecule has 0 bridgehead atoms. The van der Waals surface area contributed by atoms with E-state index in [0.29, 0.717) is 11.6 Å². The molecule has 32 heavy (non-hydrogen) atoms. The first-order valence-corrected chi connectivity index (χ1v) is 11.1.